The highest BCUT2D eigenvalue weighted by molar-refractivity contribution is 5.67. The van der Waals surface area contributed by atoms with Gasteiger partial charge in [0, 0.05) is 57.3 Å². The summed E-state index contributed by atoms with van der Waals surface area (Å²) in [4.78, 5) is 25.8. The molecule has 0 bridgehead atoms. The molecule has 3 rings (SSSR count). The highest BCUT2D eigenvalue weighted by Crippen LogP contribution is 2.37. The Hall–Kier alpha value is -3.31. The maximum Gasteiger partial charge on any atom is 0.528 e. The number of hydroxylamine groups is 2. The second-order valence-electron chi connectivity index (χ2n) is 8.28. The van der Waals surface area contributed by atoms with E-state index >= 15 is 0 Å². The van der Waals surface area contributed by atoms with Crippen molar-refractivity contribution in [1.82, 2.24) is 15.0 Å². The lowest BCUT2D eigenvalue weighted by Gasteiger charge is -2.30. The molecule has 2 N–H and O–H groups in total. The van der Waals surface area contributed by atoms with Gasteiger partial charge in [-0.1, -0.05) is 0 Å². The first-order valence-electron chi connectivity index (χ1n) is 11.7. The summed E-state index contributed by atoms with van der Waals surface area (Å²) in [6.45, 7) is 6.95. The van der Waals surface area contributed by atoms with Crippen molar-refractivity contribution >= 4 is 17.7 Å². The molecule has 0 spiro atoms. The van der Waals surface area contributed by atoms with Crippen LogP contribution >= 0.6 is 0 Å². The SMILES string of the molecule is COc1c(OC2CCN(OC(=O)OC(C)C)CC2)ccnc1Nc1ccc(OCCCO)nc1C. The standard InChI is InChI=1S/C24H34N4O7/c1-16(2)33-24(30)35-28-12-9-18(10-13-28)34-20-8-11-25-23(22(20)31-4)27-19-6-7-21(26-17(19)3)32-15-5-14-29/h6-8,11,16,18,29H,5,9-10,12-15H2,1-4H3,(H,25,27). The van der Waals surface area contributed by atoms with E-state index in [2.05, 4.69) is 15.3 Å². The molecule has 3 heterocycles. The van der Waals surface area contributed by atoms with E-state index in [4.69, 9.17) is 28.9 Å². The lowest BCUT2D eigenvalue weighted by molar-refractivity contribution is -0.151. The van der Waals surface area contributed by atoms with Gasteiger partial charge in [0.05, 0.1) is 31.2 Å². The van der Waals surface area contributed by atoms with Crippen LogP contribution in [0.1, 0.15) is 38.8 Å². The van der Waals surface area contributed by atoms with E-state index in [-0.39, 0.29) is 18.8 Å². The number of aliphatic hydroxyl groups excluding tert-OH is 1. The van der Waals surface area contributed by atoms with Crippen molar-refractivity contribution in [2.24, 2.45) is 0 Å². The highest BCUT2D eigenvalue weighted by Gasteiger charge is 2.25. The molecule has 1 aliphatic rings. The average molecular weight is 491 g/mol. The zero-order valence-electron chi connectivity index (χ0n) is 20.7. The van der Waals surface area contributed by atoms with E-state index in [1.165, 1.54) is 0 Å². The summed E-state index contributed by atoms with van der Waals surface area (Å²) < 4.78 is 22.4. The third-order valence-electron chi connectivity index (χ3n) is 5.17. The number of methoxy groups -OCH3 is 1. The van der Waals surface area contributed by atoms with Gasteiger partial charge in [-0.05, 0) is 26.8 Å². The molecule has 1 saturated heterocycles. The van der Waals surface area contributed by atoms with Crippen LogP contribution < -0.4 is 19.5 Å². The van der Waals surface area contributed by atoms with Crippen LogP contribution in [-0.4, -0.2) is 71.9 Å². The molecule has 2 aromatic heterocycles. The van der Waals surface area contributed by atoms with Gasteiger partial charge >= 0.3 is 6.16 Å². The van der Waals surface area contributed by atoms with Crippen molar-refractivity contribution in [3.8, 4) is 17.4 Å². The summed E-state index contributed by atoms with van der Waals surface area (Å²) in [6.07, 6.45) is 2.54. The van der Waals surface area contributed by atoms with E-state index in [1.54, 1.807) is 44.4 Å². The minimum absolute atomic E-state index is 0.0705. The smallest absolute Gasteiger partial charge is 0.490 e. The maximum absolute atomic E-state index is 11.7. The molecule has 1 aliphatic heterocycles. The quantitative estimate of drug-likeness (QED) is 0.354. The number of pyridine rings is 2. The summed E-state index contributed by atoms with van der Waals surface area (Å²) in [5.74, 6) is 2.04. The number of carbonyl (C=O) groups is 1. The Morgan fingerprint density at radius 1 is 1.26 bits per heavy atom. The third-order valence-corrected chi connectivity index (χ3v) is 5.17. The van der Waals surface area contributed by atoms with Crippen molar-refractivity contribution in [3.05, 3.63) is 30.1 Å². The van der Waals surface area contributed by atoms with Gasteiger partial charge in [-0.15, -0.1) is 5.06 Å². The number of carbonyl (C=O) groups excluding carboxylic acids is 1. The molecule has 0 radical (unpaired) electrons. The molecule has 0 unspecified atom stereocenters. The Morgan fingerprint density at radius 3 is 2.69 bits per heavy atom. The monoisotopic (exact) mass is 490 g/mol. The molecule has 2 aromatic rings. The molecular formula is C24H34N4O7. The number of aryl methyl sites for hydroxylation is 1. The van der Waals surface area contributed by atoms with Crippen LogP contribution in [0.4, 0.5) is 16.3 Å². The number of hydrogen-bond donors (Lipinski definition) is 2. The third kappa shape index (κ3) is 7.86. The predicted molar refractivity (Wildman–Crippen MR) is 128 cm³/mol. The molecular weight excluding hydrogens is 456 g/mol. The molecule has 1 fully saturated rings. The second-order valence-corrected chi connectivity index (χ2v) is 8.28. The average Bonchev–Trinajstić information content (AvgIpc) is 2.82. The van der Waals surface area contributed by atoms with Crippen LogP contribution in [-0.2, 0) is 9.57 Å². The number of hydrogen-bond acceptors (Lipinski definition) is 11. The Morgan fingerprint density at radius 2 is 2.03 bits per heavy atom. The molecule has 0 aromatic carbocycles. The summed E-state index contributed by atoms with van der Waals surface area (Å²) in [7, 11) is 1.56. The van der Waals surface area contributed by atoms with Crippen LogP contribution in [0.25, 0.3) is 0 Å². The Kier molecular flexibility index (Phi) is 9.74. The number of aliphatic hydroxyl groups is 1. The molecule has 0 amide bonds. The van der Waals surface area contributed by atoms with E-state index in [0.29, 0.717) is 62.2 Å². The number of nitrogens with zero attached hydrogens (tertiary/aromatic N) is 3. The minimum Gasteiger partial charge on any atom is -0.490 e. The van der Waals surface area contributed by atoms with Gasteiger partial charge in [-0.3, -0.25) is 0 Å². The number of nitrogens with one attached hydrogen (secondary N) is 1. The van der Waals surface area contributed by atoms with Crippen molar-refractivity contribution in [2.45, 2.75) is 52.2 Å². The van der Waals surface area contributed by atoms with Crippen LogP contribution in [0.15, 0.2) is 24.4 Å². The summed E-state index contributed by atoms with van der Waals surface area (Å²) >= 11 is 0. The molecule has 192 valence electrons. The first kappa shape index (κ1) is 26.3. The maximum atomic E-state index is 11.7. The van der Waals surface area contributed by atoms with Gasteiger partial charge in [-0.2, -0.15) is 0 Å². The fourth-order valence-electron chi connectivity index (χ4n) is 3.47. The van der Waals surface area contributed by atoms with Crippen LogP contribution in [0.2, 0.25) is 0 Å². The van der Waals surface area contributed by atoms with Crippen molar-refractivity contribution in [1.29, 1.82) is 0 Å². The molecule has 0 saturated carbocycles. The van der Waals surface area contributed by atoms with Crippen LogP contribution in [0.3, 0.4) is 0 Å². The van der Waals surface area contributed by atoms with Crippen molar-refractivity contribution < 1.29 is 33.7 Å². The van der Waals surface area contributed by atoms with Gasteiger partial charge in [0.25, 0.3) is 0 Å². The number of aromatic nitrogens is 2. The summed E-state index contributed by atoms with van der Waals surface area (Å²) in [5.41, 5.74) is 1.48. The zero-order chi connectivity index (χ0) is 25.2. The van der Waals surface area contributed by atoms with E-state index < -0.39 is 6.16 Å². The number of rotatable bonds is 11. The predicted octanol–water partition coefficient (Wildman–Crippen LogP) is 3.62. The normalized spacial score (nSPS) is 14.5. The second kappa shape index (κ2) is 13.0. The topological polar surface area (TPSA) is 125 Å². The van der Waals surface area contributed by atoms with E-state index in [1.807, 2.05) is 13.0 Å². The number of anilines is 2. The van der Waals surface area contributed by atoms with Crippen LogP contribution in [0.5, 0.6) is 17.4 Å². The Labute approximate surface area is 205 Å². The zero-order valence-corrected chi connectivity index (χ0v) is 20.7. The summed E-state index contributed by atoms with van der Waals surface area (Å²) in [5, 5.41) is 13.7. The molecule has 11 nitrogen and oxygen atoms in total. The van der Waals surface area contributed by atoms with Crippen molar-refractivity contribution in [3.63, 3.8) is 0 Å². The lowest BCUT2D eigenvalue weighted by Crippen LogP contribution is -2.39. The van der Waals surface area contributed by atoms with Gasteiger partial charge in [0.15, 0.2) is 11.6 Å². The molecule has 0 aliphatic carbocycles. The molecule has 0 atom stereocenters. The van der Waals surface area contributed by atoms with Crippen molar-refractivity contribution in [2.75, 3.05) is 38.7 Å². The first-order valence-corrected chi connectivity index (χ1v) is 11.7. The fraction of sp³-hybridized carbons (Fsp3) is 0.542. The Balaban J connectivity index is 1.60. The van der Waals surface area contributed by atoms with Gasteiger partial charge in [0.1, 0.15) is 6.10 Å². The molecule has 35 heavy (non-hydrogen) atoms. The number of piperidine rings is 1. The first-order chi connectivity index (χ1) is 16.9. The van der Waals surface area contributed by atoms with Crippen LogP contribution in [0, 0.1) is 6.92 Å². The number of ether oxygens (including phenoxy) is 4. The Bertz CT molecular complexity index is 965. The largest absolute Gasteiger partial charge is 0.528 e. The van der Waals surface area contributed by atoms with Gasteiger partial charge in [-0.25, -0.2) is 14.8 Å². The highest BCUT2D eigenvalue weighted by atomic mass is 16.8. The van der Waals surface area contributed by atoms with Gasteiger partial charge in [0.2, 0.25) is 11.6 Å². The van der Waals surface area contributed by atoms with Gasteiger partial charge < -0.3 is 34.2 Å². The summed E-state index contributed by atoms with van der Waals surface area (Å²) in [6, 6.07) is 5.37. The van der Waals surface area contributed by atoms with E-state index in [0.717, 1.165) is 11.4 Å². The lowest BCUT2D eigenvalue weighted by atomic mass is 10.1. The fourth-order valence-corrected chi connectivity index (χ4v) is 3.47. The molecule has 11 heteroatoms. The van der Waals surface area contributed by atoms with E-state index in [9.17, 15) is 4.79 Å². The minimum atomic E-state index is -0.694.